The molecule has 4 heteroatoms. The molecule has 9 atom stereocenters. The molecule has 0 spiro atoms. The molecule has 0 aromatic rings. The molecule has 4 saturated carbocycles. The second-order valence-electron chi connectivity index (χ2n) is 10.2. The Morgan fingerprint density at radius 1 is 1.08 bits per heavy atom. The van der Waals surface area contributed by atoms with Gasteiger partial charge in [-0.3, -0.25) is 0 Å². The van der Waals surface area contributed by atoms with Gasteiger partial charge in [0.15, 0.2) is 0 Å². The van der Waals surface area contributed by atoms with Gasteiger partial charge in [0.2, 0.25) is 0 Å². The van der Waals surface area contributed by atoms with Crippen LogP contribution >= 0.6 is 0 Å². The van der Waals surface area contributed by atoms with Crippen LogP contribution < -0.4 is 0 Å². The zero-order valence-electron chi connectivity index (χ0n) is 16.0. The summed E-state index contributed by atoms with van der Waals surface area (Å²) in [5, 5.41) is 34.3. The minimum atomic E-state index is -0.289. The standard InChI is InChI=1S/C21H35NO3/c1-12(23)16-6-7-17-15-5-4-13-10-14(24)8-9-20(13,2)19(15)18(22-25)11-21(16,17)3/h12-17,19,23-25H,4-11H2,1-3H3/b22-18-/t12?,13?,14-,15?,16?,17?,19?,20?,21?/m1/s1. The molecule has 0 bridgehead atoms. The van der Waals surface area contributed by atoms with Gasteiger partial charge in [0.05, 0.1) is 17.9 Å². The van der Waals surface area contributed by atoms with Gasteiger partial charge in [-0.15, -0.1) is 0 Å². The fourth-order valence-electron chi connectivity index (χ4n) is 8.01. The van der Waals surface area contributed by atoms with Crippen LogP contribution in [0.2, 0.25) is 0 Å². The van der Waals surface area contributed by atoms with Gasteiger partial charge in [-0.1, -0.05) is 19.0 Å². The van der Waals surface area contributed by atoms with Gasteiger partial charge in [0, 0.05) is 5.92 Å². The molecule has 0 aliphatic heterocycles. The Hall–Kier alpha value is -0.610. The highest BCUT2D eigenvalue weighted by molar-refractivity contribution is 5.89. The molecule has 3 N–H and O–H groups in total. The third kappa shape index (κ3) is 2.43. The molecule has 0 aromatic heterocycles. The van der Waals surface area contributed by atoms with Crippen LogP contribution in [0, 0.1) is 40.4 Å². The van der Waals surface area contributed by atoms with E-state index in [4.69, 9.17) is 0 Å². The lowest BCUT2D eigenvalue weighted by Crippen LogP contribution is -2.58. The van der Waals surface area contributed by atoms with E-state index < -0.39 is 0 Å². The molecule has 8 unspecified atom stereocenters. The number of hydrogen-bond donors (Lipinski definition) is 3. The van der Waals surface area contributed by atoms with E-state index in [-0.39, 0.29) is 23.0 Å². The quantitative estimate of drug-likeness (QED) is 0.497. The van der Waals surface area contributed by atoms with E-state index in [0.717, 1.165) is 37.8 Å². The average molecular weight is 350 g/mol. The topological polar surface area (TPSA) is 73.0 Å². The fraction of sp³-hybridized carbons (Fsp3) is 0.952. The van der Waals surface area contributed by atoms with Gasteiger partial charge >= 0.3 is 0 Å². The molecule has 0 amide bonds. The van der Waals surface area contributed by atoms with Gasteiger partial charge in [-0.25, -0.2) is 0 Å². The number of nitrogens with zero attached hydrogens (tertiary/aromatic N) is 1. The molecule has 4 fully saturated rings. The van der Waals surface area contributed by atoms with Gasteiger partial charge in [0.1, 0.15) is 0 Å². The van der Waals surface area contributed by atoms with E-state index in [0.29, 0.717) is 29.6 Å². The van der Waals surface area contributed by atoms with Crippen molar-refractivity contribution in [1.82, 2.24) is 0 Å². The molecule has 4 aliphatic rings. The van der Waals surface area contributed by atoms with Crippen molar-refractivity contribution in [2.75, 3.05) is 0 Å². The first-order chi connectivity index (χ1) is 11.8. The summed E-state index contributed by atoms with van der Waals surface area (Å²) in [6.45, 7) is 6.67. The Labute approximate surface area is 151 Å². The lowest BCUT2D eigenvalue weighted by atomic mass is 9.44. The Bertz CT molecular complexity index is 561. The third-order valence-corrected chi connectivity index (χ3v) is 9.12. The Balaban J connectivity index is 1.71. The molecule has 0 saturated heterocycles. The van der Waals surface area contributed by atoms with Crippen molar-refractivity contribution >= 4 is 5.71 Å². The van der Waals surface area contributed by atoms with Crippen molar-refractivity contribution in [3.05, 3.63) is 0 Å². The minimum absolute atomic E-state index is 0.0638. The fourth-order valence-corrected chi connectivity index (χ4v) is 8.01. The van der Waals surface area contributed by atoms with Crippen LogP contribution in [0.3, 0.4) is 0 Å². The molecule has 0 heterocycles. The van der Waals surface area contributed by atoms with E-state index in [1.54, 1.807) is 0 Å². The molecular weight excluding hydrogens is 314 g/mol. The first-order valence-electron chi connectivity index (χ1n) is 10.4. The van der Waals surface area contributed by atoms with Crippen molar-refractivity contribution in [3.63, 3.8) is 0 Å². The predicted octanol–water partition coefficient (Wildman–Crippen LogP) is 3.83. The highest BCUT2D eigenvalue weighted by Gasteiger charge is 2.63. The van der Waals surface area contributed by atoms with Crippen LogP contribution in [0.1, 0.15) is 72.1 Å². The van der Waals surface area contributed by atoms with E-state index in [1.165, 1.54) is 19.3 Å². The van der Waals surface area contributed by atoms with E-state index >= 15 is 0 Å². The Morgan fingerprint density at radius 3 is 2.52 bits per heavy atom. The van der Waals surface area contributed by atoms with Crippen LogP contribution in [-0.2, 0) is 0 Å². The number of aliphatic hydroxyl groups excluding tert-OH is 2. The summed E-state index contributed by atoms with van der Waals surface area (Å²) >= 11 is 0. The summed E-state index contributed by atoms with van der Waals surface area (Å²) < 4.78 is 0. The van der Waals surface area contributed by atoms with E-state index in [2.05, 4.69) is 19.0 Å². The summed E-state index contributed by atoms with van der Waals surface area (Å²) in [5.41, 5.74) is 1.21. The first kappa shape index (κ1) is 17.8. The minimum Gasteiger partial charge on any atom is -0.411 e. The zero-order valence-corrected chi connectivity index (χ0v) is 16.0. The van der Waals surface area contributed by atoms with Gasteiger partial charge in [-0.2, -0.15) is 0 Å². The summed E-state index contributed by atoms with van der Waals surface area (Å²) in [5.74, 6) is 2.42. The Morgan fingerprint density at radius 2 is 1.84 bits per heavy atom. The third-order valence-electron chi connectivity index (χ3n) is 9.12. The number of rotatable bonds is 1. The van der Waals surface area contributed by atoms with Gasteiger partial charge in [0.25, 0.3) is 0 Å². The van der Waals surface area contributed by atoms with E-state index in [9.17, 15) is 15.4 Å². The van der Waals surface area contributed by atoms with Crippen molar-refractivity contribution in [1.29, 1.82) is 0 Å². The normalized spacial score (nSPS) is 55.3. The van der Waals surface area contributed by atoms with Crippen LogP contribution in [0.25, 0.3) is 0 Å². The van der Waals surface area contributed by atoms with E-state index in [1.807, 2.05) is 6.92 Å². The first-order valence-corrected chi connectivity index (χ1v) is 10.4. The van der Waals surface area contributed by atoms with Gasteiger partial charge < -0.3 is 15.4 Å². The number of aliphatic hydroxyl groups is 2. The summed E-state index contributed by atoms with van der Waals surface area (Å²) in [7, 11) is 0. The Kier molecular flexibility index (Phi) is 4.23. The SMILES string of the molecule is CC(O)C1CCC2C3CCC4C[C@H](O)CCC4(C)C3/C(=N\O)CC12C. The lowest BCUT2D eigenvalue weighted by molar-refractivity contribution is -0.0897. The maximum Gasteiger partial charge on any atom is 0.0615 e. The second kappa shape index (κ2) is 5.95. The molecule has 0 radical (unpaired) electrons. The smallest absolute Gasteiger partial charge is 0.0615 e. The molecule has 4 rings (SSSR count). The van der Waals surface area contributed by atoms with Crippen LogP contribution in [0.5, 0.6) is 0 Å². The maximum absolute atomic E-state index is 10.3. The lowest BCUT2D eigenvalue weighted by Gasteiger charge is -2.60. The number of oxime groups is 1. The summed E-state index contributed by atoms with van der Waals surface area (Å²) in [6, 6.07) is 0. The average Bonchev–Trinajstić information content (AvgIpc) is 2.91. The summed E-state index contributed by atoms with van der Waals surface area (Å²) in [4.78, 5) is 0. The van der Waals surface area contributed by atoms with Crippen LogP contribution in [0.4, 0.5) is 0 Å². The highest BCUT2D eigenvalue weighted by atomic mass is 16.4. The number of hydrogen-bond acceptors (Lipinski definition) is 4. The molecule has 25 heavy (non-hydrogen) atoms. The van der Waals surface area contributed by atoms with Crippen molar-refractivity contribution < 1.29 is 15.4 Å². The second-order valence-corrected chi connectivity index (χ2v) is 10.2. The highest BCUT2D eigenvalue weighted by Crippen LogP contribution is 2.66. The maximum atomic E-state index is 10.3. The van der Waals surface area contributed by atoms with Crippen LogP contribution in [-0.4, -0.2) is 33.3 Å². The molecule has 4 nitrogen and oxygen atoms in total. The number of fused-ring (bicyclic) bond motifs is 5. The van der Waals surface area contributed by atoms with Crippen molar-refractivity contribution in [2.24, 2.45) is 45.6 Å². The summed E-state index contributed by atoms with van der Waals surface area (Å²) in [6.07, 6.45) is 7.91. The largest absolute Gasteiger partial charge is 0.411 e. The van der Waals surface area contributed by atoms with Crippen molar-refractivity contribution in [3.8, 4) is 0 Å². The molecule has 0 aromatic carbocycles. The molecular formula is C21H35NO3. The predicted molar refractivity (Wildman–Crippen MR) is 97.5 cm³/mol. The van der Waals surface area contributed by atoms with Crippen LogP contribution in [0.15, 0.2) is 5.16 Å². The molecule has 4 aliphatic carbocycles. The van der Waals surface area contributed by atoms with Gasteiger partial charge in [-0.05, 0) is 92.8 Å². The molecule has 142 valence electrons. The monoisotopic (exact) mass is 349 g/mol. The zero-order chi connectivity index (χ0) is 18.0. The van der Waals surface area contributed by atoms with Crippen molar-refractivity contribution in [2.45, 2.75) is 84.3 Å².